The van der Waals surface area contributed by atoms with E-state index in [0.717, 1.165) is 25.7 Å². The third-order valence-electron chi connectivity index (χ3n) is 5.15. The van der Waals surface area contributed by atoms with E-state index in [1.54, 1.807) is 12.0 Å². The van der Waals surface area contributed by atoms with Crippen LogP contribution in [0.15, 0.2) is 0 Å². The zero-order valence-corrected chi connectivity index (χ0v) is 12.5. The molecule has 3 rings (SSSR count). The van der Waals surface area contributed by atoms with Gasteiger partial charge in [0, 0.05) is 13.7 Å². The summed E-state index contributed by atoms with van der Waals surface area (Å²) in [4.78, 5) is 27.2. The van der Waals surface area contributed by atoms with Gasteiger partial charge in [0.2, 0.25) is 11.8 Å². The molecule has 1 saturated heterocycles. The highest BCUT2D eigenvalue weighted by atomic mass is 16.5. The molecule has 5 heteroatoms. The quantitative estimate of drug-likeness (QED) is 0.815. The molecule has 3 atom stereocenters. The van der Waals surface area contributed by atoms with E-state index in [1.165, 1.54) is 0 Å². The van der Waals surface area contributed by atoms with Gasteiger partial charge in [0.05, 0.1) is 6.10 Å². The lowest BCUT2D eigenvalue weighted by Crippen LogP contribution is -2.71. The topological polar surface area (TPSA) is 58.6 Å². The number of carbonyl (C=O) groups is 2. The molecule has 3 unspecified atom stereocenters. The minimum absolute atomic E-state index is 0.0276. The number of nitrogens with one attached hydrogen (secondary N) is 1. The average molecular weight is 280 g/mol. The second-order valence-corrected chi connectivity index (χ2v) is 6.71. The number of rotatable bonds is 5. The molecule has 2 amide bonds. The highest BCUT2D eigenvalue weighted by molar-refractivity contribution is 6.00. The molecule has 1 aliphatic heterocycles. The van der Waals surface area contributed by atoms with E-state index in [2.05, 4.69) is 5.32 Å². The average Bonchev–Trinajstić information content (AvgIpc) is 3.29. The summed E-state index contributed by atoms with van der Waals surface area (Å²) in [5.41, 5.74) is -0.685. The Hall–Kier alpha value is -1.10. The van der Waals surface area contributed by atoms with Crippen LogP contribution in [0.2, 0.25) is 0 Å². The summed E-state index contributed by atoms with van der Waals surface area (Å²) in [6, 6.07) is -0.307. The number of hydrogen-bond donors (Lipinski definition) is 1. The Morgan fingerprint density at radius 3 is 2.50 bits per heavy atom. The van der Waals surface area contributed by atoms with Crippen LogP contribution >= 0.6 is 0 Å². The van der Waals surface area contributed by atoms with E-state index in [4.69, 9.17) is 4.74 Å². The first-order valence-corrected chi connectivity index (χ1v) is 7.63. The summed E-state index contributed by atoms with van der Waals surface area (Å²) < 4.78 is 5.32. The number of piperazine rings is 1. The van der Waals surface area contributed by atoms with E-state index in [9.17, 15) is 9.59 Å². The van der Waals surface area contributed by atoms with Crippen molar-refractivity contribution >= 4 is 11.8 Å². The van der Waals surface area contributed by atoms with Crippen LogP contribution in [-0.2, 0) is 14.3 Å². The number of methoxy groups -OCH3 is 1. The van der Waals surface area contributed by atoms with Crippen LogP contribution < -0.4 is 5.32 Å². The van der Waals surface area contributed by atoms with Crippen LogP contribution in [0.5, 0.6) is 0 Å². The molecule has 0 spiro atoms. The molecule has 0 aromatic rings. The van der Waals surface area contributed by atoms with Gasteiger partial charge in [0.25, 0.3) is 0 Å². The van der Waals surface area contributed by atoms with Crippen molar-refractivity contribution in [1.29, 1.82) is 0 Å². The van der Waals surface area contributed by atoms with Gasteiger partial charge < -0.3 is 15.0 Å². The molecule has 1 heterocycles. The lowest BCUT2D eigenvalue weighted by Gasteiger charge is -2.47. The minimum Gasteiger partial charge on any atom is -0.380 e. The number of ether oxygens (including phenoxy) is 1. The summed E-state index contributed by atoms with van der Waals surface area (Å²) in [6.45, 7) is 4.36. The Bertz CT molecular complexity index is 431. The van der Waals surface area contributed by atoms with Crippen molar-refractivity contribution in [3.8, 4) is 0 Å². The molecule has 0 bridgehead atoms. The van der Waals surface area contributed by atoms with Gasteiger partial charge >= 0.3 is 0 Å². The Balaban J connectivity index is 1.87. The van der Waals surface area contributed by atoms with Gasteiger partial charge in [-0.2, -0.15) is 0 Å². The minimum atomic E-state index is -0.685. The highest BCUT2D eigenvalue weighted by Crippen LogP contribution is 2.46. The second kappa shape index (κ2) is 4.72. The first kappa shape index (κ1) is 13.9. The van der Waals surface area contributed by atoms with E-state index in [-0.39, 0.29) is 24.0 Å². The number of amides is 2. The molecule has 2 saturated carbocycles. The third kappa shape index (κ3) is 2.12. The maximum atomic E-state index is 12.8. The van der Waals surface area contributed by atoms with Crippen LogP contribution in [0.4, 0.5) is 0 Å². The van der Waals surface area contributed by atoms with E-state index < -0.39 is 5.54 Å². The van der Waals surface area contributed by atoms with Gasteiger partial charge in [-0.25, -0.2) is 0 Å². The molecule has 3 aliphatic rings. The van der Waals surface area contributed by atoms with Crippen molar-refractivity contribution in [3.63, 3.8) is 0 Å². The summed E-state index contributed by atoms with van der Waals surface area (Å²) in [6.07, 6.45) is 4.10. The van der Waals surface area contributed by atoms with Crippen LogP contribution in [0, 0.1) is 11.8 Å². The van der Waals surface area contributed by atoms with Gasteiger partial charge in [0.1, 0.15) is 11.6 Å². The second-order valence-electron chi connectivity index (χ2n) is 6.71. The predicted octanol–water partition coefficient (Wildman–Crippen LogP) is 0.927. The molecule has 1 N–H and O–H groups in total. The third-order valence-corrected chi connectivity index (χ3v) is 5.15. The fraction of sp³-hybridized carbons (Fsp3) is 0.867. The van der Waals surface area contributed by atoms with Crippen molar-refractivity contribution in [2.75, 3.05) is 13.7 Å². The van der Waals surface area contributed by atoms with Gasteiger partial charge in [-0.3, -0.25) is 9.59 Å². The zero-order valence-electron chi connectivity index (χ0n) is 12.5. The Kier molecular flexibility index (Phi) is 3.27. The smallest absolute Gasteiger partial charge is 0.246 e. The first-order valence-electron chi connectivity index (χ1n) is 7.63. The predicted molar refractivity (Wildman–Crippen MR) is 74.0 cm³/mol. The summed E-state index contributed by atoms with van der Waals surface area (Å²) in [7, 11) is 1.64. The Labute approximate surface area is 120 Å². The molecule has 3 fully saturated rings. The molecule has 2 aliphatic carbocycles. The molecular formula is C15H24N2O3. The monoisotopic (exact) mass is 280 g/mol. The highest BCUT2D eigenvalue weighted by Gasteiger charge is 2.58. The van der Waals surface area contributed by atoms with Crippen LogP contribution in [0.3, 0.4) is 0 Å². The summed E-state index contributed by atoms with van der Waals surface area (Å²) in [5.74, 6) is 0.761. The van der Waals surface area contributed by atoms with Crippen molar-refractivity contribution in [3.05, 3.63) is 0 Å². The van der Waals surface area contributed by atoms with Crippen LogP contribution in [0.1, 0.15) is 39.5 Å². The maximum absolute atomic E-state index is 12.8. The Morgan fingerprint density at radius 2 is 2.00 bits per heavy atom. The van der Waals surface area contributed by atoms with Gasteiger partial charge in [-0.1, -0.05) is 0 Å². The van der Waals surface area contributed by atoms with Crippen LogP contribution in [0.25, 0.3) is 0 Å². The molecular weight excluding hydrogens is 256 g/mol. The molecule has 20 heavy (non-hydrogen) atoms. The number of hydrogen-bond acceptors (Lipinski definition) is 3. The molecule has 112 valence electrons. The summed E-state index contributed by atoms with van der Waals surface area (Å²) in [5, 5.41) is 2.99. The number of carbonyl (C=O) groups excluding carboxylic acids is 2. The maximum Gasteiger partial charge on any atom is 0.246 e. The normalized spacial score (nSPS) is 36.0. The SMILES string of the molecule is COC(C)CN1C(=O)C(C2CC2)NC(=O)C1(C)C1CC1. The lowest BCUT2D eigenvalue weighted by molar-refractivity contribution is -0.160. The van der Waals surface area contributed by atoms with E-state index in [0.29, 0.717) is 18.4 Å². The van der Waals surface area contributed by atoms with Gasteiger partial charge in [-0.15, -0.1) is 0 Å². The van der Waals surface area contributed by atoms with Crippen molar-refractivity contribution in [2.45, 2.75) is 57.2 Å². The first-order chi connectivity index (χ1) is 9.48. The van der Waals surface area contributed by atoms with Gasteiger partial charge in [0.15, 0.2) is 0 Å². The lowest BCUT2D eigenvalue weighted by atomic mass is 9.87. The van der Waals surface area contributed by atoms with Crippen molar-refractivity contribution in [1.82, 2.24) is 10.2 Å². The standard InChI is InChI=1S/C15H24N2O3/c1-9(20-3)8-17-13(18)12(10-4-5-10)16-14(19)15(17,2)11-6-7-11/h9-12H,4-8H2,1-3H3,(H,16,19). The van der Waals surface area contributed by atoms with Crippen LogP contribution in [-0.4, -0.2) is 48.1 Å². The molecule has 0 radical (unpaired) electrons. The van der Waals surface area contributed by atoms with E-state index in [1.807, 2.05) is 13.8 Å². The molecule has 0 aromatic heterocycles. The summed E-state index contributed by atoms with van der Waals surface area (Å²) >= 11 is 0. The van der Waals surface area contributed by atoms with Crippen molar-refractivity contribution < 1.29 is 14.3 Å². The van der Waals surface area contributed by atoms with Crippen molar-refractivity contribution in [2.24, 2.45) is 11.8 Å². The largest absolute Gasteiger partial charge is 0.380 e. The zero-order chi connectivity index (χ0) is 14.5. The van der Waals surface area contributed by atoms with E-state index >= 15 is 0 Å². The molecule has 0 aromatic carbocycles. The fourth-order valence-electron chi connectivity index (χ4n) is 3.28. The Morgan fingerprint density at radius 1 is 1.35 bits per heavy atom. The fourth-order valence-corrected chi connectivity index (χ4v) is 3.28. The number of nitrogens with zero attached hydrogens (tertiary/aromatic N) is 1. The van der Waals surface area contributed by atoms with Gasteiger partial charge in [-0.05, 0) is 51.4 Å². The molecule has 5 nitrogen and oxygen atoms in total.